The molecule has 0 bridgehead atoms. The first-order valence-corrected chi connectivity index (χ1v) is 6.98. The number of amides is 1. The summed E-state index contributed by atoms with van der Waals surface area (Å²) < 4.78 is 27.0. The molecule has 0 fully saturated rings. The summed E-state index contributed by atoms with van der Waals surface area (Å²) in [7, 11) is 0. The van der Waals surface area contributed by atoms with Crippen molar-refractivity contribution >= 4 is 11.6 Å². The van der Waals surface area contributed by atoms with Gasteiger partial charge in [-0.2, -0.15) is 0 Å². The average Bonchev–Trinajstić information content (AvgIpc) is 2.38. The lowest BCUT2D eigenvalue weighted by atomic mass is 9.96. The summed E-state index contributed by atoms with van der Waals surface area (Å²) in [6.45, 7) is 9.75. The monoisotopic (exact) mass is 308 g/mol. The Hall–Kier alpha value is -2.09. The van der Waals surface area contributed by atoms with E-state index in [-0.39, 0.29) is 16.7 Å². The fourth-order valence-electron chi connectivity index (χ4n) is 1.63. The number of carbonyl (C=O) groups excluding carboxylic acids is 1. The summed E-state index contributed by atoms with van der Waals surface area (Å²) in [5, 5.41) is 5.59. The summed E-state index contributed by atoms with van der Waals surface area (Å²) in [5.74, 6) is -0.222. The lowest BCUT2D eigenvalue weighted by Crippen LogP contribution is -2.42. The van der Waals surface area contributed by atoms with Crippen molar-refractivity contribution < 1.29 is 13.6 Å². The van der Waals surface area contributed by atoms with Crippen molar-refractivity contribution in [2.24, 2.45) is 5.41 Å². The van der Waals surface area contributed by atoms with E-state index in [9.17, 15) is 13.6 Å². The van der Waals surface area contributed by atoms with E-state index >= 15 is 0 Å². The third-order valence-corrected chi connectivity index (χ3v) is 2.90. The molecular formula is C17H22F2N2O. The van der Waals surface area contributed by atoms with Gasteiger partial charge in [0.25, 0.3) is 5.91 Å². The molecule has 1 amide bonds. The predicted octanol–water partition coefficient (Wildman–Crippen LogP) is 3.56. The largest absolute Gasteiger partial charge is 0.384 e. The zero-order valence-corrected chi connectivity index (χ0v) is 13.6. The first-order chi connectivity index (χ1) is 9.95. The lowest BCUT2D eigenvalue weighted by molar-refractivity contribution is 0.0930. The van der Waals surface area contributed by atoms with Gasteiger partial charge in [0, 0.05) is 12.6 Å². The van der Waals surface area contributed by atoms with Gasteiger partial charge < -0.3 is 10.6 Å². The van der Waals surface area contributed by atoms with Crippen molar-refractivity contribution in [3.63, 3.8) is 0 Å². The van der Waals surface area contributed by atoms with E-state index < -0.39 is 23.1 Å². The molecular weight excluding hydrogens is 286 g/mol. The van der Waals surface area contributed by atoms with Gasteiger partial charge >= 0.3 is 0 Å². The number of hydrogen-bond donors (Lipinski definition) is 2. The van der Waals surface area contributed by atoms with Crippen LogP contribution >= 0.6 is 0 Å². The Kier molecular flexibility index (Phi) is 5.18. The Labute approximate surface area is 130 Å². The van der Waals surface area contributed by atoms with E-state index in [0.29, 0.717) is 6.54 Å². The molecule has 0 saturated heterocycles. The highest BCUT2D eigenvalue weighted by molar-refractivity contribution is 6.00. The first-order valence-electron chi connectivity index (χ1n) is 6.98. The molecule has 3 nitrogen and oxygen atoms in total. The predicted molar refractivity (Wildman–Crippen MR) is 84.7 cm³/mol. The molecule has 5 heteroatoms. The van der Waals surface area contributed by atoms with Crippen LogP contribution in [0.1, 0.15) is 45.0 Å². The fraction of sp³-hybridized carbons (Fsp3) is 0.471. The minimum atomic E-state index is -1.08. The number of rotatable bonds is 4. The highest BCUT2D eigenvalue weighted by Gasteiger charge is 2.22. The molecule has 0 heterocycles. The van der Waals surface area contributed by atoms with Crippen molar-refractivity contribution in [3.05, 3.63) is 29.3 Å². The number of benzene rings is 1. The van der Waals surface area contributed by atoms with E-state index in [1.807, 2.05) is 20.8 Å². The van der Waals surface area contributed by atoms with Gasteiger partial charge in [-0.25, -0.2) is 8.78 Å². The minimum absolute atomic E-state index is 0.0199. The van der Waals surface area contributed by atoms with Gasteiger partial charge in [0.2, 0.25) is 0 Å². The van der Waals surface area contributed by atoms with Gasteiger partial charge in [-0.1, -0.05) is 26.7 Å². The van der Waals surface area contributed by atoms with Crippen LogP contribution in [0, 0.1) is 29.4 Å². The smallest absolute Gasteiger partial charge is 0.254 e. The normalized spacial score (nSPS) is 11.7. The number of nitrogens with one attached hydrogen (secondary N) is 2. The molecule has 0 aliphatic carbocycles. The molecule has 1 aromatic rings. The molecule has 0 saturated carbocycles. The molecule has 0 radical (unpaired) electrons. The number of anilines is 1. The molecule has 0 aliphatic rings. The standard InChI is InChI=1S/C17H22F2N2O/c1-7-17(5,6)21-15(22)11-8-12(18)13(19)9-14(11)20-10-16(2,3)4/h1,8-9,20H,10H2,2-6H3,(H,21,22). The van der Waals surface area contributed by atoms with Crippen molar-refractivity contribution in [2.75, 3.05) is 11.9 Å². The molecule has 0 unspecified atom stereocenters. The second kappa shape index (κ2) is 6.35. The maximum absolute atomic E-state index is 13.5. The second-order valence-corrected chi connectivity index (χ2v) is 6.95. The zero-order chi connectivity index (χ0) is 17.1. The Morgan fingerprint density at radius 3 is 2.23 bits per heavy atom. The number of halogens is 2. The van der Waals surface area contributed by atoms with Crippen LogP contribution in [0.4, 0.5) is 14.5 Å². The van der Waals surface area contributed by atoms with E-state index in [1.165, 1.54) is 0 Å². The van der Waals surface area contributed by atoms with E-state index in [4.69, 9.17) is 6.42 Å². The second-order valence-electron chi connectivity index (χ2n) is 6.95. The Morgan fingerprint density at radius 1 is 1.18 bits per heavy atom. The molecule has 120 valence electrons. The Balaban J connectivity index is 3.14. The highest BCUT2D eigenvalue weighted by Crippen LogP contribution is 2.23. The number of hydrogen-bond acceptors (Lipinski definition) is 2. The number of carbonyl (C=O) groups is 1. The van der Waals surface area contributed by atoms with E-state index in [0.717, 1.165) is 12.1 Å². The van der Waals surface area contributed by atoms with E-state index in [2.05, 4.69) is 16.6 Å². The summed E-state index contributed by atoms with van der Waals surface area (Å²) in [6.07, 6.45) is 5.33. The van der Waals surface area contributed by atoms with Crippen LogP contribution in [0.15, 0.2) is 12.1 Å². The number of terminal acetylenes is 1. The molecule has 0 atom stereocenters. The van der Waals surface area contributed by atoms with Crippen LogP contribution in [0.3, 0.4) is 0 Å². The topological polar surface area (TPSA) is 41.1 Å². The van der Waals surface area contributed by atoms with Crippen molar-refractivity contribution in [3.8, 4) is 12.3 Å². The molecule has 0 spiro atoms. The average molecular weight is 308 g/mol. The van der Waals surface area contributed by atoms with Crippen LogP contribution in [-0.2, 0) is 0 Å². The third kappa shape index (κ3) is 5.03. The van der Waals surface area contributed by atoms with Gasteiger partial charge in [0.15, 0.2) is 11.6 Å². The van der Waals surface area contributed by atoms with Crippen LogP contribution in [0.2, 0.25) is 0 Å². The molecule has 1 aromatic carbocycles. The molecule has 22 heavy (non-hydrogen) atoms. The SMILES string of the molecule is C#CC(C)(C)NC(=O)c1cc(F)c(F)cc1NCC(C)(C)C. The quantitative estimate of drug-likeness (QED) is 0.835. The van der Waals surface area contributed by atoms with Gasteiger partial charge in [-0.15, -0.1) is 6.42 Å². The fourth-order valence-corrected chi connectivity index (χ4v) is 1.63. The maximum Gasteiger partial charge on any atom is 0.254 e. The third-order valence-electron chi connectivity index (χ3n) is 2.90. The summed E-state index contributed by atoms with van der Waals surface area (Å²) >= 11 is 0. The van der Waals surface area contributed by atoms with Gasteiger partial charge in [0.05, 0.1) is 16.8 Å². The van der Waals surface area contributed by atoms with Crippen LogP contribution in [-0.4, -0.2) is 18.0 Å². The van der Waals surface area contributed by atoms with E-state index in [1.54, 1.807) is 13.8 Å². The molecule has 0 aliphatic heterocycles. The lowest BCUT2D eigenvalue weighted by Gasteiger charge is -2.23. The Morgan fingerprint density at radius 2 is 1.73 bits per heavy atom. The van der Waals surface area contributed by atoms with Gasteiger partial charge in [-0.05, 0) is 25.3 Å². The van der Waals surface area contributed by atoms with Crippen molar-refractivity contribution in [2.45, 2.75) is 40.2 Å². The van der Waals surface area contributed by atoms with Gasteiger partial charge in [-0.3, -0.25) is 4.79 Å². The maximum atomic E-state index is 13.5. The minimum Gasteiger partial charge on any atom is -0.384 e. The van der Waals surface area contributed by atoms with Crippen molar-refractivity contribution in [1.82, 2.24) is 5.32 Å². The summed E-state index contributed by atoms with van der Waals surface area (Å²) in [5.41, 5.74) is -0.717. The summed E-state index contributed by atoms with van der Waals surface area (Å²) in [4.78, 5) is 12.3. The first kappa shape index (κ1) is 18.0. The zero-order valence-electron chi connectivity index (χ0n) is 13.6. The molecule has 1 rings (SSSR count). The molecule has 2 N–H and O–H groups in total. The van der Waals surface area contributed by atoms with Crippen molar-refractivity contribution in [1.29, 1.82) is 0 Å². The van der Waals surface area contributed by atoms with Gasteiger partial charge in [0.1, 0.15) is 0 Å². The van der Waals surface area contributed by atoms with Crippen LogP contribution in [0.5, 0.6) is 0 Å². The summed E-state index contributed by atoms with van der Waals surface area (Å²) in [6, 6.07) is 1.86. The molecule has 0 aromatic heterocycles. The van der Waals surface area contributed by atoms with Crippen LogP contribution in [0.25, 0.3) is 0 Å². The van der Waals surface area contributed by atoms with Crippen LogP contribution < -0.4 is 10.6 Å². The highest BCUT2D eigenvalue weighted by atomic mass is 19.2. The Bertz CT molecular complexity index is 610.